The summed E-state index contributed by atoms with van der Waals surface area (Å²) in [5, 5.41) is 17.2. The number of methoxy groups -OCH3 is 2. The highest BCUT2D eigenvalue weighted by Crippen LogP contribution is 2.36. The van der Waals surface area contributed by atoms with Crippen molar-refractivity contribution in [3.63, 3.8) is 0 Å². The minimum atomic E-state index is -0.512. The van der Waals surface area contributed by atoms with E-state index < -0.39 is 17.6 Å². The smallest absolute Gasteiger partial charge is 0.308 e. The molecule has 2 heterocycles. The van der Waals surface area contributed by atoms with Crippen molar-refractivity contribution < 1.29 is 32.9 Å². The van der Waals surface area contributed by atoms with Gasteiger partial charge in [0.1, 0.15) is 35.9 Å². The van der Waals surface area contributed by atoms with Crippen molar-refractivity contribution in [3.05, 3.63) is 95.0 Å². The van der Waals surface area contributed by atoms with Crippen LogP contribution in [0.1, 0.15) is 6.92 Å². The highest BCUT2D eigenvalue weighted by Gasteiger charge is 2.14. The summed E-state index contributed by atoms with van der Waals surface area (Å²) >= 11 is 11.6. The minimum absolute atomic E-state index is 0.00729. The fourth-order valence-corrected chi connectivity index (χ4v) is 4.68. The number of rotatable bonds is 7. The molecule has 0 aliphatic carbocycles. The average molecular weight is 681 g/mol. The van der Waals surface area contributed by atoms with E-state index >= 15 is 0 Å². The van der Waals surface area contributed by atoms with Crippen LogP contribution in [0.4, 0.5) is 31.8 Å². The number of esters is 1. The summed E-state index contributed by atoms with van der Waals surface area (Å²) in [7, 11) is 2.93. The van der Waals surface area contributed by atoms with Crippen LogP contribution in [0, 0.1) is 11.6 Å². The van der Waals surface area contributed by atoms with Crippen LogP contribution in [0.25, 0.3) is 21.8 Å². The number of nitrogens with one attached hydrogen (secondary N) is 2. The van der Waals surface area contributed by atoms with E-state index in [0.717, 1.165) is 0 Å². The Hall–Kier alpha value is -5.53. The number of nitrogens with zero attached hydrogens (tertiary/aromatic N) is 4. The molecule has 0 fully saturated rings. The van der Waals surface area contributed by atoms with Crippen LogP contribution < -0.4 is 24.8 Å². The molecule has 47 heavy (non-hydrogen) atoms. The van der Waals surface area contributed by atoms with E-state index in [0.29, 0.717) is 56.3 Å². The maximum absolute atomic E-state index is 13.3. The Balaban J connectivity index is 0.000000186. The van der Waals surface area contributed by atoms with Crippen LogP contribution in [0.15, 0.2) is 73.3 Å². The molecule has 0 radical (unpaired) electrons. The molecule has 6 aromatic rings. The molecule has 0 bridgehead atoms. The van der Waals surface area contributed by atoms with Gasteiger partial charge in [0.2, 0.25) is 0 Å². The Labute approximate surface area is 276 Å². The third-order valence-corrected chi connectivity index (χ3v) is 7.05. The predicted octanol–water partition coefficient (Wildman–Crippen LogP) is 7.98. The lowest BCUT2D eigenvalue weighted by Gasteiger charge is -2.12. The Morgan fingerprint density at radius 2 is 1.19 bits per heavy atom. The van der Waals surface area contributed by atoms with Gasteiger partial charge in [0.05, 0.1) is 35.3 Å². The van der Waals surface area contributed by atoms with Crippen molar-refractivity contribution in [3.8, 4) is 23.0 Å². The number of anilines is 4. The Bertz CT molecular complexity index is 2120. The second-order valence-corrected chi connectivity index (χ2v) is 10.4. The predicted molar refractivity (Wildman–Crippen MR) is 175 cm³/mol. The lowest BCUT2D eigenvalue weighted by molar-refractivity contribution is -0.132. The van der Waals surface area contributed by atoms with Crippen molar-refractivity contribution >= 4 is 74.0 Å². The van der Waals surface area contributed by atoms with Crippen molar-refractivity contribution in [1.29, 1.82) is 0 Å². The van der Waals surface area contributed by atoms with E-state index in [9.17, 15) is 18.7 Å². The van der Waals surface area contributed by atoms with Gasteiger partial charge < -0.3 is 30.0 Å². The fraction of sp³-hybridized carbons (Fsp3) is 0.0938. The van der Waals surface area contributed by atoms with Crippen LogP contribution in [0.5, 0.6) is 23.0 Å². The molecular weight excluding hydrogens is 657 g/mol. The second-order valence-electron chi connectivity index (χ2n) is 9.61. The van der Waals surface area contributed by atoms with E-state index in [1.807, 2.05) is 0 Å². The van der Waals surface area contributed by atoms with Crippen molar-refractivity contribution in [2.45, 2.75) is 6.92 Å². The first-order valence-electron chi connectivity index (χ1n) is 13.5. The van der Waals surface area contributed by atoms with E-state index in [1.54, 1.807) is 24.3 Å². The van der Waals surface area contributed by atoms with Gasteiger partial charge in [-0.3, -0.25) is 4.79 Å². The summed E-state index contributed by atoms with van der Waals surface area (Å²) in [5.74, 6) is 0.342. The highest BCUT2D eigenvalue weighted by atomic mass is 35.5. The Morgan fingerprint density at radius 3 is 1.66 bits per heavy atom. The van der Waals surface area contributed by atoms with Gasteiger partial charge in [0, 0.05) is 41.2 Å². The molecule has 0 aliphatic heterocycles. The van der Waals surface area contributed by atoms with Gasteiger partial charge in [-0.2, -0.15) is 0 Å². The van der Waals surface area contributed by atoms with Crippen molar-refractivity contribution in [2.75, 3.05) is 24.9 Å². The monoisotopic (exact) mass is 680 g/mol. The number of hydrogen-bond donors (Lipinski definition) is 3. The van der Waals surface area contributed by atoms with Crippen LogP contribution in [-0.2, 0) is 4.79 Å². The van der Waals surface area contributed by atoms with Crippen LogP contribution in [0.2, 0.25) is 10.0 Å². The van der Waals surface area contributed by atoms with E-state index in [2.05, 4.69) is 30.6 Å². The van der Waals surface area contributed by atoms with Crippen LogP contribution in [0.3, 0.4) is 0 Å². The lowest BCUT2D eigenvalue weighted by atomic mass is 10.2. The summed E-state index contributed by atoms with van der Waals surface area (Å²) in [6.07, 6.45) is 2.76. The van der Waals surface area contributed by atoms with Gasteiger partial charge >= 0.3 is 5.97 Å². The number of hydrogen-bond acceptors (Lipinski definition) is 11. The zero-order chi connectivity index (χ0) is 33.7. The minimum Gasteiger partial charge on any atom is -0.504 e. The Kier molecular flexibility index (Phi) is 9.97. The molecule has 15 heteroatoms. The first kappa shape index (κ1) is 32.9. The number of halogens is 4. The van der Waals surface area contributed by atoms with E-state index in [-0.39, 0.29) is 21.5 Å². The molecule has 4 aromatic carbocycles. The summed E-state index contributed by atoms with van der Waals surface area (Å²) in [5.41, 5.74) is 2.30. The number of fused-ring (bicyclic) bond motifs is 2. The van der Waals surface area contributed by atoms with Gasteiger partial charge in [-0.1, -0.05) is 23.2 Å². The Morgan fingerprint density at radius 1 is 0.702 bits per heavy atom. The van der Waals surface area contributed by atoms with Crippen molar-refractivity contribution in [2.24, 2.45) is 0 Å². The molecule has 0 saturated heterocycles. The quantitative estimate of drug-likeness (QED) is 0.112. The third kappa shape index (κ3) is 7.65. The molecule has 0 unspecified atom stereocenters. The van der Waals surface area contributed by atoms with Crippen LogP contribution in [-0.4, -0.2) is 45.2 Å². The highest BCUT2D eigenvalue weighted by molar-refractivity contribution is 6.31. The number of phenolic OH excluding ortho intramolecular Hbond substituents is 1. The average Bonchev–Trinajstić information content (AvgIpc) is 3.04. The molecule has 0 spiro atoms. The zero-order valence-corrected chi connectivity index (χ0v) is 26.3. The first-order valence-corrected chi connectivity index (χ1v) is 14.3. The standard InChI is InChI=1S/C17H13ClFN3O3.C15H11ClFN3O2/c1-9(23)25-16-6-11-14(7-15(16)24-2)20-8-21-17(11)22-10-3-4-13(19)12(18)5-10;1-22-14-6-12-9(5-13(14)21)15(19-7-18-12)20-8-2-3-11(17)10(16)4-8/h3-8H,1-2H3,(H,20,21,22);2-7,21H,1H3,(H,18,19,20). The number of benzene rings is 4. The molecule has 0 amide bonds. The molecule has 11 nitrogen and oxygen atoms in total. The number of carbonyl (C=O) groups is 1. The second kappa shape index (κ2) is 14.3. The normalized spacial score (nSPS) is 10.6. The first-order chi connectivity index (χ1) is 22.6. The molecule has 2 aromatic heterocycles. The molecular formula is C32H24Cl2F2N6O5. The van der Waals surface area contributed by atoms with Gasteiger partial charge in [0.25, 0.3) is 0 Å². The summed E-state index contributed by atoms with van der Waals surface area (Å²) in [6.45, 7) is 1.30. The van der Waals surface area contributed by atoms with Gasteiger partial charge in [-0.15, -0.1) is 0 Å². The molecule has 6 rings (SSSR count). The SMILES string of the molecule is COc1cc2ncnc(Nc3ccc(F)c(Cl)c3)c2cc1O.COc1cc2ncnc(Nc3ccc(F)c(Cl)c3)c2cc1OC(C)=O. The zero-order valence-electron chi connectivity index (χ0n) is 24.8. The molecule has 3 N–H and O–H groups in total. The lowest BCUT2D eigenvalue weighted by Crippen LogP contribution is -2.04. The van der Waals surface area contributed by atoms with E-state index in [4.69, 9.17) is 37.4 Å². The summed E-state index contributed by atoms with van der Waals surface area (Å²) in [6, 6.07) is 14.8. The van der Waals surface area contributed by atoms with E-state index in [1.165, 1.54) is 70.2 Å². The largest absolute Gasteiger partial charge is 0.504 e. The molecule has 240 valence electrons. The number of ether oxygens (including phenoxy) is 3. The fourth-order valence-electron chi connectivity index (χ4n) is 4.31. The third-order valence-electron chi connectivity index (χ3n) is 6.48. The van der Waals surface area contributed by atoms with Crippen LogP contribution >= 0.6 is 23.2 Å². The number of phenols is 1. The maximum atomic E-state index is 13.3. The van der Waals surface area contributed by atoms with Crippen molar-refractivity contribution in [1.82, 2.24) is 19.9 Å². The van der Waals surface area contributed by atoms with Gasteiger partial charge in [-0.05, 0) is 48.5 Å². The number of carbonyl (C=O) groups excluding carboxylic acids is 1. The summed E-state index contributed by atoms with van der Waals surface area (Å²) in [4.78, 5) is 27.9. The number of aromatic hydroxyl groups is 1. The molecule has 0 saturated carbocycles. The molecule has 0 aliphatic rings. The molecule has 0 atom stereocenters. The maximum Gasteiger partial charge on any atom is 0.308 e. The topological polar surface area (TPSA) is 141 Å². The van der Waals surface area contributed by atoms with Gasteiger partial charge in [0.15, 0.2) is 23.0 Å². The van der Waals surface area contributed by atoms with Gasteiger partial charge in [-0.25, -0.2) is 28.7 Å². The summed E-state index contributed by atoms with van der Waals surface area (Å²) < 4.78 is 41.9. The number of aromatic nitrogens is 4.